The van der Waals surface area contributed by atoms with E-state index in [2.05, 4.69) is 0 Å². The summed E-state index contributed by atoms with van der Waals surface area (Å²) in [7, 11) is 0. The zero-order valence-electron chi connectivity index (χ0n) is 15.7. The van der Waals surface area contributed by atoms with E-state index in [1.165, 1.54) is 27.7 Å². The summed E-state index contributed by atoms with van der Waals surface area (Å²) in [5.74, 6) is -2.14. The summed E-state index contributed by atoms with van der Waals surface area (Å²) in [6, 6.07) is 0. The van der Waals surface area contributed by atoms with E-state index in [1.807, 2.05) is 13.8 Å². The van der Waals surface area contributed by atoms with Crippen LogP contribution in [-0.2, 0) is 50.6 Å². The fraction of sp³-hybridized carbons (Fsp3) is 0.750. The van der Waals surface area contributed by atoms with Gasteiger partial charge < -0.3 is 0 Å². The minimum atomic E-state index is -4.72. The third kappa shape index (κ3) is 8.44. The summed E-state index contributed by atoms with van der Waals surface area (Å²) >= 11 is -4.72. The predicted molar refractivity (Wildman–Crippen MR) is 85.0 cm³/mol. The van der Waals surface area contributed by atoms with Crippen molar-refractivity contribution in [2.24, 2.45) is 0 Å². The van der Waals surface area contributed by atoms with E-state index >= 15 is 0 Å². The summed E-state index contributed by atoms with van der Waals surface area (Å²) in [6.45, 7) is 8.83. The van der Waals surface area contributed by atoms with Gasteiger partial charge in [-0.1, -0.05) is 0 Å². The molecular formula is C16H28O8Ti. The van der Waals surface area contributed by atoms with Crippen LogP contribution in [0.15, 0.2) is 0 Å². The van der Waals surface area contributed by atoms with Crippen LogP contribution in [0.25, 0.3) is 0 Å². The molecule has 0 aromatic heterocycles. The minimum absolute atomic E-state index is 0.175. The fourth-order valence-electron chi connectivity index (χ4n) is 1.85. The molecule has 0 aliphatic rings. The second-order valence-corrected chi connectivity index (χ2v) is 8.83. The maximum atomic E-state index is 11.7. The molecular weight excluding hydrogens is 368 g/mol. The summed E-state index contributed by atoms with van der Waals surface area (Å²) in [5.41, 5.74) is 0. The van der Waals surface area contributed by atoms with Crippen molar-refractivity contribution in [3.8, 4) is 0 Å². The fourth-order valence-corrected chi connectivity index (χ4v) is 5.85. The first-order valence-electron chi connectivity index (χ1n) is 8.25. The van der Waals surface area contributed by atoms with Crippen LogP contribution in [0.1, 0.15) is 54.4 Å². The number of hydrogen-bond donors (Lipinski definition) is 0. The number of rotatable bonds is 14. The Kier molecular flexibility index (Phi) is 11.4. The Morgan fingerprint density at radius 3 is 1.16 bits per heavy atom. The molecule has 0 aliphatic heterocycles. The van der Waals surface area contributed by atoms with Crippen LogP contribution < -0.4 is 0 Å². The predicted octanol–water partition coefficient (Wildman–Crippen LogP) is 1.78. The molecule has 9 heteroatoms. The van der Waals surface area contributed by atoms with Gasteiger partial charge in [0.15, 0.2) is 0 Å². The zero-order valence-corrected chi connectivity index (χ0v) is 17.3. The van der Waals surface area contributed by atoms with Gasteiger partial charge in [0.05, 0.1) is 0 Å². The molecule has 0 rings (SSSR count). The Hall–Kier alpha value is -0.766. The quantitative estimate of drug-likeness (QED) is 0.323. The van der Waals surface area contributed by atoms with Gasteiger partial charge in [-0.25, -0.2) is 0 Å². The van der Waals surface area contributed by atoms with Crippen molar-refractivity contribution < 1.29 is 50.6 Å². The molecule has 0 unspecified atom stereocenters. The van der Waals surface area contributed by atoms with E-state index in [9.17, 15) is 19.2 Å². The van der Waals surface area contributed by atoms with Crippen LogP contribution in [0.2, 0.25) is 0 Å². The van der Waals surface area contributed by atoms with Crippen LogP contribution in [0.3, 0.4) is 0 Å². The molecule has 0 N–H and O–H groups in total. The van der Waals surface area contributed by atoms with Gasteiger partial charge in [0.1, 0.15) is 0 Å². The van der Waals surface area contributed by atoms with Gasteiger partial charge >= 0.3 is 154 Å². The SMILES string of the molecule is CCC[O][Ti]([O]CCC)([O]C(C(C)=O)C(C)=O)[O]C(C(C)=O)C(C)=O. The van der Waals surface area contributed by atoms with E-state index in [4.69, 9.17) is 13.3 Å². The maximum absolute atomic E-state index is 11.7. The Morgan fingerprint density at radius 2 is 0.960 bits per heavy atom. The van der Waals surface area contributed by atoms with Crippen LogP contribution in [0, 0.1) is 0 Å². The second-order valence-electron chi connectivity index (χ2n) is 5.64. The molecule has 0 aliphatic carbocycles. The van der Waals surface area contributed by atoms with E-state index in [1.54, 1.807) is 0 Å². The topological polar surface area (TPSA) is 105 Å². The molecule has 0 bridgehead atoms. The number of carbonyl (C=O) groups is 4. The van der Waals surface area contributed by atoms with Gasteiger partial charge in [-0.3, -0.25) is 0 Å². The molecule has 0 spiro atoms. The normalized spacial score (nSPS) is 11.8. The number of carbonyl (C=O) groups excluding carboxylic acids is 4. The first kappa shape index (κ1) is 24.2. The Balaban J connectivity index is 5.82. The van der Waals surface area contributed by atoms with Crippen molar-refractivity contribution in [3.05, 3.63) is 0 Å². The van der Waals surface area contributed by atoms with Crippen molar-refractivity contribution in [1.82, 2.24) is 0 Å². The molecule has 0 saturated heterocycles. The average Bonchev–Trinajstić information content (AvgIpc) is 2.52. The molecule has 0 radical (unpaired) electrons. The van der Waals surface area contributed by atoms with Crippen LogP contribution >= 0.6 is 0 Å². The van der Waals surface area contributed by atoms with Crippen molar-refractivity contribution in [2.45, 2.75) is 66.6 Å². The summed E-state index contributed by atoms with van der Waals surface area (Å²) < 4.78 is 22.5. The van der Waals surface area contributed by atoms with Gasteiger partial charge in [0, 0.05) is 0 Å². The molecule has 0 aromatic carbocycles. The standard InChI is InChI=1S/2C5H7O3.2C3H7O.Ti/c2*1-3(6)5(8)4(2)7;2*1-2-3-4;/h2*5H,1-2H3;2*2-3H2,1H3;/q4*-1;+4. The van der Waals surface area contributed by atoms with E-state index in [0.717, 1.165) is 0 Å². The first-order valence-corrected chi connectivity index (χ1v) is 10.8. The van der Waals surface area contributed by atoms with E-state index in [0.29, 0.717) is 12.8 Å². The number of hydrogen-bond acceptors (Lipinski definition) is 8. The first-order chi connectivity index (χ1) is 11.6. The Bertz CT molecular complexity index is 419. The van der Waals surface area contributed by atoms with E-state index in [-0.39, 0.29) is 13.2 Å². The van der Waals surface area contributed by atoms with Crippen molar-refractivity contribution in [3.63, 3.8) is 0 Å². The molecule has 0 aromatic rings. The zero-order chi connectivity index (χ0) is 19.6. The summed E-state index contributed by atoms with van der Waals surface area (Å²) in [4.78, 5) is 47.0. The average molecular weight is 396 g/mol. The number of ketones is 4. The summed E-state index contributed by atoms with van der Waals surface area (Å²) in [5, 5.41) is 0. The molecule has 25 heavy (non-hydrogen) atoms. The van der Waals surface area contributed by atoms with Crippen LogP contribution in [0.5, 0.6) is 0 Å². The molecule has 0 saturated carbocycles. The van der Waals surface area contributed by atoms with Gasteiger partial charge in [0.25, 0.3) is 0 Å². The molecule has 0 heterocycles. The third-order valence-corrected chi connectivity index (χ3v) is 6.35. The second kappa shape index (κ2) is 11.8. The molecule has 0 amide bonds. The van der Waals surface area contributed by atoms with Crippen molar-refractivity contribution in [2.75, 3.05) is 13.2 Å². The van der Waals surface area contributed by atoms with Gasteiger partial charge in [-0.2, -0.15) is 0 Å². The molecule has 0 atom stereocenters. The van der Waals surface area contributed by atoms with Crippen LogP contribution in [-0.4, -0.2) is 48.6 Å². The Labute approximate surface area is 153 Å². The monoisotopic (exact) mass is 396 g/mol. The third-order valence-electron chi connectivity index (χ3n) is 2.97. The van der Waals surface area contributed by atoms with Gasteiger partial charge in [0.2, 0.25) is 0 Å². The van der Waals surface area contributed by atoms with Crippen molar-refractivity contribution in [1.29, 1.82) is 0 Å². The molecule has 0 fully saturated rings. The van der Waals surface area contributed by atoms with Crippen LogP contribution in [0.4, 0.5) is 0 Å². The summed E-state index contributed by atoms with van der Waals surface area (Å²) in [6.07, 6.45) is -1.67. The van der Waals surface area contributed by atoms with Crippen molar-refractivity contribution >= 4 is 23.1 Å². The van der Waals surface area contributed by atoms with E-state index < -0.39 is 53.5 Å². The number of Topliss-reactive ketones (excluding diaryl/α,β-unsaturated/α-hetero) is 4. The van der Waals surface area contributed by atoms with Gasteiger partial charge in [-0.05, 0) is 0 Å². The molecule has 144 valence electrons. The Morgan fingerprint density at radius 1 is 0.680 bits per heavy atom. The van der Waals surface area contributed by atoms with Gasteiger partial charge in [-0.15, -0.1) is 0 Å². The molecule has 8 nitrogen and oxygen atoms in total.